The summed E-state index contributed by atoms with van der Waals surface area (Å²) in [6.45, 7) is 7.98. The number of ether oxygens (including phenoxy) is 1. The molecule has 0 aliphatic heterocycles. The van der Waals surface area contributed by atoms with Crippen LogP contribution in [-0.2, 0) is 0 Å². The number of hydrogen-bond donors (Lipinski definition) is 3. The van der Waals surface area contributed by atoms with E-state index in [0.29, 0.717) is 17.2 Å². The van der Waals surface area contributed by atoms with E-state index in [2.05, 4.69) is 22.7 Å². The summed E-state index contributed by atoms with van der Waals surface area (Å²) < 4.78 is 5.50. The summed E-state index contributed by atoms with van der Waals surface area (Å²) in [5.41, 5.74) is 5.62. The summed E-state index contributed by atoms with van der Waals surface area (Å²) in [7, 11) is 0. The number of carbonyl (C=O) groups excluding carboxylic acids is 1. The van der Waals surface area contributed by atoms with Gasteiger partial charge >= 0.3 is 0 Å². The van der Waals surface area contributed by atoms with Crippen LogP contribution in [0.25, 0.3) is 0 Å². The van der Waals surface area contributed by atoms with Gasteiger partial charge in [0, 0.05) is 12.1 Å². The van der Waals surface area contributed by atoms with E-state index in [9.17, 15) is 4.79 Å². The molecule has 0 aliphatic carbocycles. The molecule has 5 nitrogen and oxygen atoms in total. The molecule has 0 fully saturated rings. The Morgan fingerprint density at radius 1 is 1.35 bits per heavy atom. The summed E-state index contributed by atoms with van der Waals surface area (Å²) in [6.07, 6.45) is 1.77. The van der Waals surface area contributed by atoms with E-state index in [1.807, 2.05) is 13.8 Å². The van der Waals surface area contributed by atoms with Gasteiger partial charge in [-0.25, -0.2) is 0 Å². The number of hydrogen-bond acceptors (Lipinski definition) is 3. The molecule has 20 heavy (non-hydrogen) atoms. The van der Waals surface area contributed by atoms with E-state index in [0.717, 1.165) is 5.75 Å². The second-order valence-corrected chi connectivity index (χ2v) is 4.68. The maximum Gasteiger partial charge on any atom is 0.269 e. The number of rotatable bonds is 5. The van der Waals surface area contributed by atoms with Crippen LogP contribution in [0.1, 0.15) is 24.2 Å². The van der Waals surface area contributed by atoms with Crippen molar-refractivity contribution in [2.45, 2.75) is 20.0 Å². The Kier molecular flexibility index (Phi) is 6.52. The third kappa shape index (κ3) is 5.71. The van der Waals surface area contributed by atoms with Crippen LogP contribution in [-0.4, -0.2) is 23.7 Å². The lowest BCUT2D eigenvalue weighted by atomic mass is 10.2. The molecule has 0 saturated carbocycles. The van der Waals surface area contributed by atoms with E-state index in [-0.39, 0.29) is 12.0 Å². The molecule has 0 spiro atoms. The lowest BCUT2D eigenvalue weighted by Crippen LogP contribution is -2.46. The van der Waals surface area contributed by atoms with Gasteiger partial charge in [-0.2, -0.15) is 0 Å². The fourth-order valence-corrected chi connectivity index (χ4v) is 1.49. The number of amides is 1. The second-order valence-electron chi connectivity index (χ2n) is 4.27. The normalized spacial score (nSPS) is 9.75. The zero-order valence-electron chi connectivity index (χ0n) is 11.6. The van der Waals surface area contributed by atoms with E-state index in [1.165, 1.54) is 0 Å². The smallest absolute Gasteiger partial charge is 0.269 e. The molecule has 0 unspecified atom stereocenters. The molecule has 108 valence electrons. The molecular weight excluding hydrogens is 274 g/mol. The quantitative estimate of drug-likeness (QED) is 0.439. The van der Waals surface area contributed by atoms with Gasteiger partial charge in [-0.3, -0.25) is 15.6 Å². The van der Waals surface area contributed by atoms with Crippen molar-refractivity contribution >= 4 is 23.2 Å². The van der Waals surface area contributed by atoms with Crippen LogP contribution < -0.4 is 20.9 Å². The van der Waals surface area contributed by atoms with Gasteiger partial charge in [0.1, 0.15) is 5.75 Å². The predicted octanol–water partition coefficient (Wildman–Crippen LogP) is 1.77. The molecule has 1 rings (SSSR count). The van der Waals surface area contributed by atoms with Crippen LogP contribution in [0, 0.1) is 0 Å². The minimum absolute atomic E-state index is 0.102. The van der Waals surface area contributed by atoms with Gasteiger partial charge in [0.05, 0.1) is 6.10 Å². The molecule has 0 atom stereocenters. The van der Waals surface area contributed by atoms with Gasteiger partial charge in [-0.05, 0) is 50.3 Å². The summed E-state index contributed by atoms with van der Waals surface area (Å²) in [5, 5.41) is 3.17. The Bertz CT molecular complexity index is 472. The highest BCUT2D eigenvalue weighted by atomic mass is 32.1. The Balaban J connectivity index is 2.47. The average Bonchev–Trinajstić information content (AvgIpc) is 2.42. The highest BCUT2D eigenvalue weighted by Crippen LogP contribution is 2.13. The first-order valence-electron chi connectivity index (χ1n) is 6.24. The predicted molar refractivity (Wildman–Crippen MR) is 83.6 cm³/mol. The molecule has 0 aliphatic rings. The Labute approximate surface area is 124 Å². The molecule has 6 heteroatoms. The average molecular weight is 293 g/mol. The van der Waals surface area contributed by atoms with Gasteiger partial charge in [-0.1, -0.05) is 6.08 Å². The summed E-state index contributed by atoms with van der Waals surface area (Å²) in [4.78, 5) is 11.8. The first-order valence-corrected chi connectivity index (χ1v) is 6.65. The van der Waals surface area contributed by atoms with Crippen LogP contribution in [0.4, 0.5) is 0 Å². The van der Waals surface area contributed by atoms with Crippen molar-refractivity contribution in [1.82, 2.24) is 16.2 Å². The van der Waals surface area contributed by atoms with Crippen LogP contribution in [0.2, 0.25) is 0 Å². The fourth-order valence-electron chi connectivity index (χ4n) is 1.35. The number of nitrogens with one attached hydrogen (secondary N) is 3. The SMILES string of the molecule is C=CCNC(=S)NNC(=O)c1ccc(OC(C)C)cc1. The van der Waals surface area contributed by atoms with E-state index in [1.54, 1.807) is 30.3 Å². The third-order valence-corrected chi connectivity index (χ3v) is 2.43. The van der Waals surface area contributed by atoms with Crippen LogP contribution in [0.15, 0.2) is 36.9 Å². The van der Waals surface area contributed by atoms with Crippen molar-refractivity contribution in [1.29, 1.82) is 0 Å². The zero-order valence-corrected chi connectivity index (χ0v) is 12.4. The number of carbonyl (C=O) groups is 1. The Morgan fingerprint density at radius 3 is 2.55 bits per heavy atom. The molecule has 0 saturated heterocycles. The Hall–Kier alpha value is -2.08. The Morgan fingerprint density at radius 2 is 2.00 bits per heavy atom. The molecule has 1 amide bonds. The van der Waals surface area contributed by atoms with E-state index in [4.69, 9.17) is 17.0 Å². The molecule has 0 aromatic heterocycles. The minimum Gasteiger partial charge on any atom is -0.491 e. The fraction of sp³-hybridized carbons (Fsp3) is 0.286. The largest absolute Gasteiger partial charge is 0.491 e. The van der Waals surface area contributed by atoms with Crippen molar-refractivity contribution in [3.05, 3.63) is 42.5 Å². The van der Waals surface area contributed by atoms with Crippen LogP contribution >= 0.6 is 12.2 Å². The summed E-state index contributed by atoms with van der Waals surface area (Å²) >= 11 is 4.95. The second kappa shape index (κ2) is 8.16. The zero-order chi connectivity index (χ0) is 15.0. The first kappa shape index (κ1) is 16.0. The lowest BCUT2D eigenvalue weighted by Gasteiger charge is -2.11. The molecule has 0 radical (unpaired) electrons. The van der Waals surface area contributed by atoms with E-state index < -0.39 is 0 Å². The van der Waals surface area contributed by atoms with Crippen molar-refractivity contribution in [3.63, 3.8) is 0 Å². The summed E-state index contributed by atoms with van der Waals surface area (Å²) in [5.74, 6) is 0.455. The van der Waals surface area contributed by atoms with E-state index >= 15 is 0 Å². The minimum atomic E-state index is -0.274. The number of hydrazine groups is 1. The van der Waals surface area contributed by atoms with Gasteiger partial charge < -0.3 is 10.1 Å². The maximum atomic E-state index is 11.8. The third-order valence-electron chi connectivity index (χ3n) is 2.18. The van der Waals surface area contributed by atoms with Crippen molar-refractivity contribution < 1.29 is 9.53 Å². The van der Waals surface area contributed by atoms with Gasteiger partial charge in [0.2, 0.25) is 0 Å². The molecular formula is C14H19N3O2S. The first-order chi connectivity index (χ1) is 9.52. The standard InChI is InChI=1S/C14H19N3O2S/c1-4-9-15-14(20)17-16-13(18)11-5-7-12(8-6-11)19-10(2)3/h4-8,10H,1,9H2,2-3H3,(H,16,18)(H2,15,17,20). The van der Waals surface area contributed by atoms with Gasteiger partial charge in [0.15, 0.2) is 5.11 Å². The summed E-state index contributed by atoms with van der Waals surface area (Å²) in [6, 6.07) is 6.89. The highest BCUT2D eigenvalue weighted by molar-refractivity contribution is 7.80. The lowest BCUT2D eigenvalue weighted by molar-refractivity contribution is 0.0943. The molecule has 0 heterocycles. The van der Waals surface area contributed by atoms with Crippen molar-refractivity contribution in [2.75, 3.05) is 6.54 Å². The monoisotopic (exact) mass is 293 g/mol. The maximum absolute atomic E-state index is 11.8. The molecule has 0 bridgehead atoms. The van der Waals surface area contributed by atoms with Crippen LogP contribution in [0.5, 0.6) is 5.75 Å². The number of thiocarbonyl (C=S) groups is 1. The van der Waals surface area contributed by atoms with Crippen LogP contribution in [0.3, 0.4) is 0 Å². The van der Waals surface area contributed by atoms with Crippen molar-refractivity contribution in [2.24, 2.45) is 0 Å². The molecule has 1 aromatic rings. The van der Waals surface area contributed by atoms with Gasteiger partial charge in [-0.15, -0.1) is 6.58 Å². The van der Waals surface area contributed by atoms with Crippen molar-refractivity contribution in [3.8, 4) is 5.75 Å². The number of benzene rings is 1. The topological polar surface area (TPSA) is 62.4 Å². The molecule has 1 aromatic carbocycles. The molecule has 3 N–H and O–H groups in total. The van der Waals surface area contributed by atoms with Gasteiger partial charge in [0.25, 0.3) is 5.91 Å². The highest BCUT2D eigenvalue weighted by Gasteiger charge is 2.06.